The molecule has 3 aromatic rings. The topological polar surface area (TPSA) is 82.7 Å². The zero-order valence-corrected chi connectivity index (χ0v) is 20.5. The number of benzene rings is 3. The molecule has 0 spiro atoms. The van der Waals surface area contributed by atoms with Crippen LogP contribution < -0.4 is 25.6 Å². The van der Waals surface area contributed by atoms with Crippen molar-refractivity contribution < 1.29 is 14.3 Å². The molecule has 1 saturated heterocycles. The number of carbonyl (C=O) groups is 2. The zero-order valence-electron chi connectivity index (χ0n) is 20.5. The minimum Gasteiger partial charge on any atom is -0.496 e. The Bertz CT molecular complexity index is 1200. The number of nitrogens with zero attached hydrogens (tertiary/aromatic N) is 1. The quantitative estimate of drug-likeness (QED) is 0.425. The average Bonchev–Trinajstić information content (AvgIpc) is 3.36. The second-order valence-electron chi connectivity index (χ2n) is 8.88. The summed E-state index contributed by atoms with van der Waals surface area (Å²) in [6, 6.07) is 18.6. The molecule has 3 N–H and O–H groups in total. The van der Waals surface area contributed by atoms with Gasteiger partial charge in [-0.05, 0) is 74.2 Å². The molecule has 7 heteroatoms. The van der Waals surface area contributed by atoms with Crippen LogP contribution in [0.1, 0.15) is 39.9 Å². The fourth-order valence-electron chi connectivity index (χ4n) is 4.47. The molecule has 0 bridgehead atoms. The summed E-state index contributed by atoms with van der Waals surface area (Å²) in [4.78, 5) is 28.1. The molecule has 0 aromatic heterocycles. The minimum absolute atomic E-state index is 0.221. The smallest absolute Gasteiger partial charge is 0.323 e. The summed E-state index contributed by atoms with van der Waals surface area (Å²) < 4.78 is 5.37. The fourth-order valence-corrected chi connectivity index (χ4v) is 4.47. The van der Waals surface area contributed by atoms with Gasteiger partial charge in [-0.25, -0.2) is 4.79 Å². The molecular weight excluding hydrogens is 440 g/mol. The summed E-state index contributed by atoms with van der Waals surface area (Å²) in [6.07, 6.45) is 2.21. The monoisotopic (exact) mass is 472 g/mol. The second-order valence-corrected chi connectivity index (χ2v) is 8.88. The van der Waals surface area contributed by atoms with Crippen molar-refractivity contribution in [1.82, 2.24) is 5.32 Å². The Hall–Kier alpha value is -4.00. The van der Waals surface area contributed by atoms with Gasteiger partial charge in [-0.1, -0.05) is 24.3 Å². The third-order valence-electron chi connectivity index (χ3n) is 6.07. The van der Waals surface area contributed by atoms with E-state index < -0.39 is 0 Å². The van der Waals surface area contributed by atoms with Crippen LogP contribution in [0.5, 0.6) is 5.75 Å². The normalized spacial score (nSPS) is 12.8. The maximum atomic E-state index is 13.0. The highest BCUT2D eigenvalue weighted by Crippen LogP contribution is 2.30. The van der Waals surface area contributed by atoms with Crippen LogP contribution in [0.2, 0.25) is 0 Å². The highest BCUT2D eigenvalue weighted by Gasteiger charge is 2.19. The first-order chi connectivity index (χ1) is 16.9. The number of nitrogens with one attached hydrogen (secondary N) is 3. The Kier molecular flexibility index (Phi) is 7.55. The highest BCUT2D eigenvalue weighted by molar-refractivity contribution is 6.04. The molecule has 7 nitrogen and oxygen atoms in total. The average molecular weight is 473 g/mol. The molecule has 0 radical (unpaired) electrons. The number of para-hydroxylation sites is 1. The molecule has 4 rings (SSSR count). The number of amides is 3. The third kappa shape index (κ3) is 6.12. The van der Waals surface area contributed by atoms with Crippen molar-refractivity contribution in [2.45, 2.75) is 33.2 Å². The van der Waals surface area contributed by atoms with Crippen molar-refractivity contribution in [3.63, 3.8) is 0 Å². The number of urea groups is 1. The largest absolute Gasteiger partial charge is 0.496 e. The predicted octanol–water partition coefficient (Wildman–Crippen LogP) is 5.49. The van der Waals surface area contributed by atoms with E-state index in [0.717, 1.165) is 59.7 Å². The lowest BCUT2D eigenvalue weighted by Gasteiger charge is -2.22. The van der Waals surface area contributed by atoms with Crippen LogP contribution in [0.15, 0.2) is 60.7 Å². The van der Waals surface area contributed by atoms with Gasteiger partial charge in [0.25, 0.3) is 5.91 Å². The van der Waals surface area contributed by atoms with Gasteiger partial charge in [0.05, 0.1) is 18.5 Å². The van der Waals surface area contributed by atoms with Crippen LogP contribution in [0.4, 0.5) is 21.9 Å². The maximum Gasteiger partial charge on any atom is 0.323 e. The highest BCUT2D eigenvalue weighted by atomic mass is 16.5. The first-order valence-electron chi connectivity index (χ1n) is 11.9. The Morgan fingerprint density at radius 3 is 2.34 bits per heavy atom. The van der Waals surface area contributed by atoms with Crippen LogP contribution in [-0.4, -0.2) is 32.1 Å². The predicted molar refractivity (Wildman–Crippen MR) is 141 cm³/mol. The third-order valence-corrected chi connectivity index (χ3v) is 6.07. The summed E-state index contributed by atoms with van der Waals surface area (Å²) in [7, 11) is 1.61. The van der Waals surface area contributed by atoms with Crippen molar-refractivity contribution in [2.75, 3.05) is 35.7 Å². The van der Waals surface area contributed by atoms with E-state index in [1.807, 2.05) is 56.3 Å². The first-order valence-corrected chi connectivity index (χ1v) is 11.9. The van der Waals surface area contributed by atoms with Gasteiger partial charge in [-0.15, -0.1) is 0 Å². The molecule has 1 aliphatic rings. The van der Waals surface area contributed by atoms with E-state index in [9.17, 15) is 9.59 Å². The van der Waals surface area contributed by atoms with Gasteiger partial charge in [0.1, 0.15) is 5.75 Å². The molecule has 1 heterocycles. The zero-order chi connectivity index (χ0) is 24.8. The molecule has 0 atom stereocenters. The molecule has 0 unspecified atom stereocenters. The minimum atomic E-state index is -0.345. The number of methoxy groups -OCH3 is 1. The Balaban J connectivity index is 1.52. The Labute approximate surface area is 206 Å². The van der Waals surface area contributed by atoms with E-state index in [4.69, 9.17) is 4.74 Å². The first kappa shape index (κ1) is 24.1. The molecule has 3 aromatic carbocycles. The number of anilines is 3. The standard InChI is InChI=1S/C28H32N4O3/c1-19-14-20(2)16-23(15-19)30-28(34)31-24-17-21(10-11-25(24)32-12-6-7-13-32)27(33)29-18-22-8-4-5-9-26(22)35-3/h4-5,8-11,14-17H,6-7,12-13,18H2,1-3H3,(H,29,33)(H2,30,31,34). The molecule has 1 fully saturated rings. The van der Waals surface area contributed by atoms with Crippen molar-refractivity contribution in [2.24, 2.45) is 0 Å². The van der Waals surface area contributed by atoms with Gasteiger partial charge in [-0.2, -0.15) is 0 Å². The lowest BCUT2D eigenvalue weighted by atomic mass is 10.1. The van der Waals surface area contributed by atoms with Gasteiger partial charge in [0, 0.05) is 36.4 Å². The lowest BCUT2D eigenvalue weighted by Crippen LogP contribution is -2.26. The molecule has 0 saturated carbocycles. The van der Waals surface area contributed by atoms with E-state index >= 15 is 0 Å². The summed E-state index contributed by atoms with van der Waals surface area (Å²) >= 11 is 0. The van der Waals surface area contributed by atoms with E-state index in [1.165, 1.54) is 0 Å². The van der Waals surface area contributed by atoms with Gasteiger partial charge in [0.2, 0.25) is 0 Å². The van der Waals surface area contributed by atoms with Crippen molar-refractivity contribution in [3.8, 4) is 5.75 Å². The molecule has 35 heavy (non-hydrogen) atoms. The van der Waals surface area contributed by atoms with Crippen LogP contribution in [0.25, 0.3) is 0 Å². The van der Waals surface area contributed by atoms with Crippen LogP contribution >= 0.6 is 0 Å². The molecule has 3 amide bonds. The maximum absolute atomic E-state index is 13.0. The number of ether oxygens (including phenoxy) is 1. The summed E-state index contributed by atoms with van der Waals surface area (Å²) in [5, 5.41) is 8.84. The van der Waals surface area contributed by atoms with Crippen molar-refractivity contribution in [3.05, 3.63) is 82.9 Å². The van der Waals surface area contributed by atoms with Gasteiger partial charge in [0.15, 0.2) is 0 Å². The van der Waals surface area contributed by atoms with Crippen LogP contribution in [0.3, 0.4) is 0 Å². The van der Waals surface area contributed by atoms with Gasteiger partial charge < -0.3 is 25.6 Å². The second kappa shape index (κ2) is 11.0. The summed E-state index contributed by atoms with van der Waals surface area (Å²) in [6.45, 7) is 6.18. The molecule has 182 valence electrons. The summed E-state index contributed by atoms with van der Waals surface area (Å²) in [5.74, 6) is 0.504. The SMILES string of the molecule is COc1ccccc1CNC(=O)c1ccc(N2CCCC2)c(NC(=O)Nc2cc(C)cc(C)c2)c1. The van der Waals surface area contributed by atoms with Gasteiger partial charge >= 0.3 is 6.03 Å². The lowest BCUT2D eigenvalue weighted by molar-refractivity contribution is 0.0950. The number of aryl methyl sites for hydroxylation is 2. The molecule has 1 aliphatic heterocycles. The number of carbonyl (C=O) groups excluding carboxylic acids is 2. The van der Waals surface area contributed by atoms with Crippen LogP contribution in [-0.2, 0) is 6.54 Å². The van der Waals surface area contributed by atoms with E-state index in [-0.39, 0.29) is 11.9 Å². The fraction of sp³-hybridized carbons (Fsp3) is 0.286. The number of rotatable bonds is 7. The van der Waals surface area contributed by atoms with E-state index in [0.29, 0.717) is 17.8 Å². The Morgan fingerprint density at radius 1 is 0.914 bits per heavy atom. The number of hydrogen-bond acceptors (Lipinski definition) is 4. The molecular formula is C28H32N4O3. The van der Waals surface area contributed by atoms with Crippen molar-refractivity contribution >= 4 is 29.0 Å². The summed E-state index contributed by atoms with van der Waals surface area (Å²) in [5.41, 5.74) is 5.78. The number of hydrogen-bond donors (Lipinski definition) is 3. The van der Waals surface area contributed by atoms with E-state index in [1.54, 1.807) is 19.2 Å². The van der Waals surface area contributed by atoms with Crippen molar-refractivity contribution in [1.29, 1.82) is 0 Å². The van der Waals surface area contributed by atoms with Crippen LogP contribution in [0, 0.1) is 13.8 Å². The Morgan fingerprint density at radius 2 is 1.63 bits per heavy atom. The van der Waals surface area contributed by atoms with E-state index in [2.05, 4.69) is 26.9 Å². The molecule has 0 aliphatic carbocycles. The van der Waals surface area contributed by atoms with Gasteiger partial charge in [-0.3, -0.25) is 4.79 Å².